The van der Waals surface area contributed by atoms with Crippen LogP contribution in [0.2, 0.25) is 0 Å². The molecule has 0 atom stereocenters. The zero-order chi connectivity index (χ0) is 16.4. The Morgan fingerprint density at radius 2 is 1.79 bits per heavy atom. The highest BCUT2D eigenvalue weighted by Gasteiger charge is 2.26. The summed E-state index contributed by atoms with van der Waals surface area (Å²) in [5.74, 6) is 0.958. The second-order valence-corrected chi connectivity index (χ2v) is 7.12. The third-order valence-electron chi connectivity index (χ3n) is 5.53. The summed E-state index contributed by atoms with van der Waals surface area (Å²) in [6.07, 6.45) is 7.32. The van der Waals surface area contributed by atoms with Crippen LogP contribution in [0, 0.1) is 5.92 Å². The standard InChI is InChI=1S/C20H25N3O/c24-20(19-18-8-4-3-7-17(18)9-10-21-19)23-13-11-22(12-14-23)15-16-5-1-2-6-16/h3-4,7-10,16H,1-2,5-6,11-15H2. The first-order valence-electron chi connectivity index (χ1n) is 9.16. The lowest BCUT2D eigenvalue weighted by Gasteiger charge is -2.35. The van der Waals surface area contributed by atoms with Crippen LogP contribution < -0.4 is 0 Å². The van der Waals surface area contributed by atoms with Crippen LogP contribution in [0.15, 0.2) is 36.5 Å². The van der Waals surface area contributed by atoms with Crippen LogP contribution in [0.3, 0.4) is 0 Å². The SMILES string of the molecule is O=C(c1nccc2ccccc12)N1CCN(CC2CCCC2)CC1. The Morgan fingerprint density at radius 3 is 2.58 bits per heavy atom. The van der Waals surface area contributed by atoms with E-state index in [4.69, 9.17) is 0 Å². The number of carbonyl (C=O) groups excluding carboxylic acids is 1. The fraction of sp³-hybridized carbons (Fsp3) is 0.500. The molecule has 0 N–H and O–H groups in total. The third-order valence-corrected chi connectivity index (χ3v) is 5.53. The molecule has 126 valence electrons. The number of aromatic nitrogens is 1. The van der Waals surface area contributed by atoms with E-state index in [0.717, 1.165) is 42.9 Å². The van der Waals surface area contributed by atoms with Crippen LogP contribution >= 0.6 is 0 Å². The number of rotatable bonds is 3. The summed E-state index contributed by atoms with van der Waals surface area (Å²) < 4.78 is 0. The Labute approximate surface area is 143 Å². The van der Waals surface area contributed by atoms with E-state index in [0.29, 0.717) is 5.69 Å². The van der Waals surface area contributed by atoms with E-state index in [2.05, 4.69) is 9.88 Å². The molecule has 4 rings (SSSR count). The monoisotopic (exact) mass is 323 g/mol. The maximum atomic E-state index is 12.9. The first-order valence-corrected chi connectivity index (χ1v) is 9.16. The fourth-order valence-corrected chi connectivity index (χ4v) is 4.13. The van der Waals surface area contributed by atoms with Crippen molar-refractivity contribution in [2.75, 3.05) is 32.7 Å². The number of pyridine rings is 1. The lowest BCUT2D eigenvalue weighted by atomic mass is 10.1. The fourth-order valence-electron chi connectivity index (χ4n) is 4.13. The summed E-state index contributed by atoms with van der Waals surface area (Å²) in [6.45, 7) is 4.83. The van der Waals surface area contributed by atoms with Crippen molar-refractivity contribution in [3.63, 3.8) is 0 Å². The average Bonchev–Trinajstić information content (AvgIpc) is 3.14. The Bertz CT molecular complexity index is 710. The number of benzene rings is 1. The van der Waals surface area contributed by atoms with Gasteiger partial charge in [0.05, 0.1) is 0 Å². The largest absolute Gasteiger partial charge is 0.335 e. The van der Waals surface area contributed by atoms with Crippen LogP contribution in [-0.2, 0) is 0 Å². The molecule has 1 saturated carbocycles. The molecule has 2 heterocycles. The minimum atomic E-state index is 0.0762. The third kappa shape index (κ3) is 3.16. The molecule has 24 heavy (non-hydrogen) atoms. The van der Waals surface area contributed by atoms with E-state index in [1.54, 1.807) is 6.20 Å². The summed E-state index contributed by atoms with van der Waals surface area (Å²) >= 11 is 0. The van der Waals surface area contributed by atoms with E-state index in [1.807, 2.05) is 35.2 Å². The molecular formula is C20H25N3O. The summed E-state index contributed by atoms with van der Waals surface area (Å²) in [5.41, 5.74) is 0.595. The van der Waals surface area contributed by atoms with Gasteiger partial charge in [0.25, 0.3) is 5.91 Å². The van der Waals surface area contributed by atoms with Crippen molar-refractivity contribution in [2.24, 2.45) is 5.92 Å². The summed E-state index contributed by atoms with van der Waals surface area (Å²) in [4.78, 5) is 21.8. The zero-order valence-electron chi connectivity index (χ0n) is 14.2. The van der Waals surface area contributed by atoms with Crippen molar-refractivity contribution in [3.05, 3.63) is 42.2 Å². The molecule has 1 aliphatic heterocycles. The molecule has 1 saturated heterocycles. The Kier molecular flexibility index (Phi) is 4.48. The van der Waals surface area contributed by atoms with E-state index in [9.17, 15) is 4.79 Å². The minimum Gasteiger partial charge on any atom is -0.335 e. The van der Waals surface area contributed by atoms with Crippen molar-refractivity contribution in [1.29, 1.82) is 0 Å². The molecule has 2 aliphatic rings. The topological polar surface area (TPSA) is 36.4 Å². The van der Waals surface area contributed by atoms with Gasteiger partial charge in [-0.25, -0.2) is 0 Å². The molecule has 0 unspecified atom stereocenters. The van der Waals surface area contributed by atoms with Gasteiger partial charge in [-0.2, -0.15) is 0 Å². The molecule has 2 fully saturated rings. The highest BCUT2D eigenvalue weighted by Crippen LogP contribution is 2.26. The number of piperazine rings is 1. The van der Waals surface area contributed by atoms with Crippen molar-refractivity contribution in [1.82, 2.24) is 14.8 Å². The number of carbonyl (C=O) groups is 1. The molecule has 1 aliphatic carbocycles. The maximum Gasteiger partial charge on any atom is 0.273 e. The van der Waals surface area contributed by atoms with Gasteiger partial charge in [0.1, 0.15) is 5.69 Å². The second kappa shape index (κ2) is 6.89. The molecular weight excluding hydrogens is 298 g/mol. The van der Waals surface area contributed by atoms with Crippen LogP contribution in [0.25, 0.3) is 10.8 Å². The van der Waals surface area contributed by atoms with Gasteiger partial charge < -0.3 is 4.90 Å². The molecule has 4 nitrogen and oxygen atoms in total. The quantitative estimate of drug-likeness (QED) is 0.870. The highest BCUT2D eigenvalue weighted by molar-refractivity contribution is 6.05. The van der Waals surface area contributed by atoms with Crippen LogP contribution in [0.4, 0.5) is 0 Å². The number of amides is 1. The Morgan fingerprint density at radius 1 is 1.04 bits per heavy atom. The zero-order valence-corrected chi connectivity index (χ0v) is 14.2. The molecule has 0 spiro atoms. The first-order chi connectivity index (χ1) is 11.8. The van der Waals surface area contributed by atoms with E-state index in [-0.39, 0.29) is 5.91 Å². The van der Waals surface area contributed by atoms with E-state index < -0.39 is 0 Å². The van der Waals surface area contributed by atoms with Crippen LogP contribution in [0.5, 0.6) is 0 Å². The van der Waals surface area contributed by atoms with Gasteiger partial charge in [0, 0.05) is 44.3 Å². The van der Waals surface area contributed by atoms with Gasteiger partial charge in [-0.1, -0.05) is 37.1 Å². The molecule has 4 heteroatoms. The smallest absolute Gasteiger partial charge is 0.273 e. The molecule has 1 amide bonds. The Balaban J connectivity index is 1.42. The lowest BCUT2D eigenvalue weighted by Crippen LogP contribution is -2.49. The van der Waals surface area contributed by atoms with Crippen molar-refractivity contribution < 1.29 is 4.79 Å². The minimum absolute atomic E-state index is 0.0762. The normalized spacial score (nSPS) is 19.9. The van der Waals surface area contributed by atoms with Gasteiger partial charge in [0.15, 0.2) is 0 Å². The summed E-state index contributed by atoms with van der Waals surface area (Å²) in [7, 11) is 0. The number of fused-ring (bicyclic) bond motifs is 1. The summed E-state index contributed by atoms with van der Waals surface area (Å²) in [5, 5.41) is 2.04. The van der Waals surface area contributed by atoms with Gasteiger partial charge in [0.2, 0.25) is 0 Å². The van der Waals surface area contributed by atoms with Crippen LogP contribution in [-0.4, -0.2) is 53.4 Å². The second-order valence-electron chi connectivity index (χ2n) is 7.12. The maximum absolute atomic E-state index is 12.9. The van der Waals surface area contributed by atoms with Crippen LogP contribution in [0.1, 0.15) is 36.2 Å². The highest BCUT2D eigenvalue weighted by atomic mass is 16.2. The predicted molar refractivity (Wildman–Crippen MR) is 96.0 cm³/mol. The van der Waals surface area contributed by atoms with E-state index >= 15 is 0 Å². The summed E-state index contributed by atoms with van der Waals surface area (Å²) in [6, 6.07) is 9.96. The van der Waals surface area contributed by atoms with Crippen molar-refractivity contribution in [2.45, 2.75) is 25.7 Å². The van der Waals surface area contributed by atoms with Gasteiger partial charge >= 0.3 is 0 Å². The van der Waals surface area contributed by atoms with E-state index in [1.165, 1.54) is 32.2 Å². The van der Waals surface area contributed by atoms with Crippen molar-refractivity contribution in [3.8, 4) is 0 Å². The number of nitrogens with zero attached hydrogens (tertiary/aromatic N) is 3. The van der Waals surface area contributed by atoms with Gasteiger partial charge in [-0.3, -0.25) is 14.7 Å². The molecule has 0 bridgehead atoms. The lowest BCUT2D eigenvalue weighted by molar-refractivity contribution is 0.0614. The first kappa shape index (κ1) is 15.6. The molecule has 1 aromatic carbocycles. The van der Waals surface area contributed by atoms with Gasteiger partial charge in [-0.15, -0.1) is 0 Å². The average molecular weight is 323 g/mol. The molecule has 2 aromatic rings. The molecule has 1 aromatic heterocycles. The molecule has 0 radical (unpaired) electrons. The number of hydrogen-bond acceptors (Lipinski definition) is 3. The predicted octanol–water partition coefficient (Wildman–Crippen LogP) is 3.18. The van der Waals surface area contributed by atoms with Crippen molar-refractivity contribution >= 4 is 16.7 Å². The van der Waals surface area contributed by atoms with Gasteiger partial charge in [-0.05, 0) is 30.2 Å². The number of hydrogen-bond donors (Lipinski definition) is 0. The Hall–Kier alpha value is -1.94.